The summed E-state index contributed by atoms with van der Waals surface area (Å²) >= 11 is 0. The molecule has 2 aromatic heterocycles. The number of nitrogen functional groups attached to an aromatic ring is 1. The van der Waals surface area contributed by atoms with Gasteiger partial charge in [-0.1, -0.05) is 13.8 Å². The third-order valence-corrected chi connectivity index (χ3v) is 5.47. The number of amides is 1. The zero-order valence-corrected chi connectivity index (χ0v) is 17.2. The molecule has 7 nitrogen and oxygen atoms in total. The molecule has 0 aromatic carbocycles. The van der Waals surface area contributed by atoms with E-state index in [-0.39, 0.29) is 11.6 Å². The first-order valence-corrected chi connectivity index (χ1v) is 10.1. The maximum atomic E-state index is 14.5. The van der Waals surface area contributed by atoms with Crippen molar-refractivity contribution in [3.63, 3.8) is 0 Å². The normalized spacial score (nSPS) is 20.8. The standard InChI is InChI=1S/C19H23FN6O.C2H6/c1-22-19(27)15-4-5-16(18(20)24-15)25-10-13-2-3-14(11-25)26(13)9-12-6-7-23-17(21)8-12;1-2/h4-8,13-14H,2-3,9-11H2,1H3,(H2,21,23)(H,22,27);1-2H3. The zero-order valence-electron chi connectivity index (χ0n) is 17.2. The number of halogens is 1. The Bertz CT molecular complexity index is 847. The van der Waals surface area contributed by atoms with Crippen LogP contribution in [0.5, 0.6) is 0 Å². The number of pyridine rings is 2. The van der Waals surface area contributed by atoms with Crippen LogP contribution in [0.15, 0.2) is 30.5 Å². The van der Waals surface area contributed by atoms with E-state index in [0.717, 1.165) is 38.0 Å². The molecule has 29 heavy (non-hydrogen) atoms. The monoisotopic (exact) mass is 400 g/mol. The van der Waals surface area contributed by atoms with Gasteiger partial charge < -0.3 is 16.0 Å². The first-order chi connectivity index (χ1) is 14.0. The van der Waals surface area contributed by atoms with Crippen molar-refractivity contribution in [2.24, 2.45) is 0 Å². The number of aromatic nitrogens is 2. The Balaban J connectivity index is 0.00000117. The van der Waals surface area contributed by atoms with Crippen LogP contribution in [0.25, 0.3) is 0 Å². The quantitative estimate of drug-likeness (QED) is 0.767. The maximum Gasteiger partial charge on any atom is 0.269 e. The van der Waals surface area contributed by atoms with E-state index in [9.17, 15) is 9.18 Å². The summed E-state index contributed by atoms with van der Waals surface area (Å²) < 4.78 is 14.5. The molecule has 2 aliphatic heterocycles. The molecule has 2 bridgehead atoms. The fourth-order valence-corrected chi connectivity index (χ4v) is 4.17. The highest BCUT2D eigenvalue weighted by atomic mass is 19.1. The molecule has 1 amide bonds. The number of fused-ring (bicyclic) bond motifs is 2. The molecule has 4 rings (SSSR count). The van der Waals surface area contributed by atoms with Gasteiger partial charge in [-0.05, 0) is 42.7 Å². The van der Waals surface area contributed by atoms with Gasteiger partial charge in [0, 0.05) is 45.0 Å². The van der Waals surface area contributed by atoms with Crippen LogP contribution >= 0.6 is 0 Å². The molecule has 0 aliphatic carbocycles. The molecule has 156 valence electrons. The number of nitrogens with one attached hydrogen (secondary N) is 1. The first kappa shape index (κ1) is 21.0. The highest BCUT2D eigenvalue weighted by Crippen LogP contribution is 2.34. The summed E-state index contributed by atoms with van der Waals surface area (Å²) in [5.41, 5.74) is 7.50. The molecular formula is C21H29FN6O. The summed E-state index contributed by atoms with van der Waals surface area (Å²) in [6.07, 6.45) is 3.91. The summed E-state index contributed by atoms with van der Waals surface area (Å²) in [7, 11) is 1.50. The summed E-state index contributed by atoms with van der Waals surface area (Å²) in [5, 5.41) is 2.46. The lowest BCUT2D eigenvalue weighted by molar-refractivity contribution is 0.0957. The number of piperazine rings is 1. The van der Waals surface area contributed by atoms with Gasteiger partial charge in [0.15, 0.2) is 0 Å². The van der Waals surface area contributed by atoms with Crippen molar-refractivity contribution >= 4 is 17.4 Å². The van der Waals surface area contributed by atoms with E-state index in [1.807, 2.05) is 26.0 Å². The smallest absolute Gasteiger partial charge is 0.269 e. The van der Waals surface area contributed by atoms with Crippen LogP contribution in [-0.2, 0) is 6.54 Å². The minimum Gasteiger partial charge on any atom is -0.384 e. The maximum absolute atomic E-state index is 14.5. The Morgan fingerprint density at radius 1 is 1.24 bits per heavy atom. The predicted octanol–water partition coefficient (Wildman–Crippen LogP) is 2.44. The van der Waals surface area contributed by atoms with Crippen LogP contribution in [0, 0.1) is 5.95 Å². The van der Waals surface area contributed by atoms with E-state index in [2.05, 4.69) is 25.1 Å². The zero-order chi connectivity index (χ0) is 21.0. The molecule has 0 spiro atoms. The van der Waals surface area contributed by atoms with E-state index in [1.54, 1.807) is 18.3 Å². The number of carbonyl (C=O) groups excluding carboxylic acids is 1. The molecule has 0 radical (unpaired) electrons. The minimum atomic E-state index is -0.592. The molecule has 2 fully saturated rings. The molecule has 4 heterocycles. The third kappa shape index (κ3) is 4.48. The van der Waals surface area contributed by atoms with Gasteiger partial charge >= 0.3 is 0 Å². The van der Waals surface area contributed by atoms with Gasteiger partial charge in [-0.2, -0.15) is 4.39 Å². The Morgan fingerprint density at radius 3 is 2.52 bits per heavy atom. The highest BCUT2D eigenvalue weighted by molar-refractivity contribution is 5.92. The van der Waals surface area contributed by atoms with Crippen molar-refractivity contribution in [1.29, 1.82) is 0 Å². The van der Waals surface area contributed by atoms with Crippen molar-refractivity contribution in [2.45, 2.75) is 45.3 Å². The van der Waals surface area contributed by atoms with Crippen LogP contribution in [0.1, 0.15) is 42.7 Å². The van der Waals surface area contributed by atoms with E-state index >= 15 is 0 Å². The van der Waals surface area contributed by atoms with Gasteiger partial charge in [-0.25, -0.2) is 9.97 Å². The fourth-order valence-electron chi connectivity index (χ4n) is 4.17. The number of nitrogens with zero attached hydrogens (tertiary/aromatic N) is 4. The van der Waals surface area contributed by atoms with E-state index < -0.39 is 5.95 Å². The fraction of sp³-hybridized carbons (Fsp3) is 0.476. The number of hydrogen-bond donors (Lipinski definition) is 2. The van der Waals surface area contributed by atoms with Crippen molar-refractivity contribution in [3.05, 3.63) is 47.7 Å². The van der Waals surface area contributed by atoms with Crippen molar-refractivity contribution in [2.75, 3.05) is 30.8 Å². The van der Waals surface area contributed by atoms with Crippen LogP contribution in [-0.4, -0.2) is 53.0 Å². The second-order valence-electron chi connectivity index (χ2n) is 7.14. The SMILES string of the molecule is CC.CNC(=O)c1ccc(N2CC3CCC(C2)N3Cc2ccnc(N)c2)c(F)n1. The lowest BCUT2D eigenvalue weighted by Crippen LogP contribution is -2.53. The molecule has 2 unspecified atom stereocenters. The van der Waals surface area contributed by atoms with Crippen molar-refractivity contribution in [1.82, 2.24) is 20.2 Å². The van der Waals surface area contributed by atoms with Crippen LogP contribution in [0.2, 0.25) is 0 Å². The largest absolute Gasteiger partial charge is 0.384 e. The topological polar surface area (TPSA) is 87.4 Å². The second kappa shape index (κ2) is 9.17. The summed E-state index contributed by atoms with van der Waals surface area (Å²) in [6, 6.07) is 7.85. The molecule has 2 atom stereocenters. The van der Waals surface area contributed by atoms with Gasteiger partial charge in [0.1, 0.15) is 11.5 Å². The molecule has 2 aliphatic rings. The van der Waals surface area contributed by atoms with Crippen LogP contribution in [0.4, 0.5) is 15.9 Å². The summed E-state index contributed by atoms with van der Waals surface area (Å²) in [5.74, 6) is -0.448. The van der Waals surface area contributed by atoms with E-state index in [4.69, 9.17) is 5.73 Å². The average molecular weight is 401 g/mol. The van der Waals surface area contributed by atoms with Crippen molar-refractivity contribution in [3.8, 4) is 0 Å². The molecule has 2 aromatic rings. The lowest BCUT2D eigenvalue weighted by Gasteiger charge is -2.42. The lowest BCUT2D eigenvalue weighted by atomic mass is 10.1. The summed E-state index contributed by atoms with van der Waals surface area (Å²) in [4.78, 5) is 24.0. The Morgan fingerprint density at radius 2 is 1.93 bits per heavy atom. The van der Waals surface area contributed by atoms with Gasteiger partial charge in [-0.15, -0.1) is 0 Å². The van der Waals surface area contributed by atoms with Crippen molar-refractivity contribution < 1.29 is 9.18 Å². The van der Waals surface area contributed by atoms with E-state index in [0.29, 0.717) is 23.6 Å². The minimum absolute atomic E-state index is 0.0932. The van der Waals surface area contributed by atoms with Crippen LogP contribution < -0.4 is 16.0 Å². The van der Waals surface area contributed by atoms with Gasteiger partial charge in [0.25, 0.3) is 5.91 Å². The summed E-state index contributed by atoms with van der Waals surface area (Å²) in [6.45, 7) is 6.32. The molecular weight excluding hydrogens is 371 g/mol. The number of hydrogen-bond acceptors (Lipinski definition) is 6. The Kier molecular flexibility index (Phi) is 6.64. The predicted molar refractivity (Wildman–Crippen MR) is 112 cm³/mol. The highest BCUT2D eigenvalue weighted by Gasteiger charge is 2.40. The number of carbonyl (C=O) groups is 1. The molecule has 0 saturated carbocycles. The molecule has 3 N–H and O–H groups in total. The van der Waals surface area contributed by atoms with E-state index in [1.165, 1.54) is 7.05 Å². The third-order valence-electron chi connectivity index (χ3n) is 5.47. The first-order valence-electron chi connectivity index (χ1n) is 10.1. The number of nitrogens with two attached hydrogens (primary N) is 1. The van der Waals surface area contributed by atoms with Crippen LogP contribution in [0.3, 0.4) is 0 Å². The van der Waals surface area contributed by atoms with Gasteiger partial charge in [0.05, 0.1) is 5.69 Å². The van der Waals surface area contributed by atoms with Gasteiger partial charge in [0.2, 0.25) is 5.95 Å². The number of anilines is 2. The Hall–Kier alpha value is -2.74. The average Bonchev–Trinajstić information content (AvgIpc) is 2.96. The van der Waals surface area contributed by atoms with Gasteiger partial charge in [-0.3, -0.25) is 9.69 Å². The molecule has 2 saturated heterocycles. The second-order valence-corrected chi connectivity index (χ2v) is 7.14. The number of rotatable bonds is 4. The molecule has 8 heteroatoms. The Labute approximate surface area is 171 Å².